The van der Waals surface area contributed by atoms with Gasteiger partial charge in [-0.05, 0) is 36.6 Å². The molecule has 0 unspecified atom stereocenters. The Labute approximate surface area is 152 Å². The van der Waals surface area contributed by atoms with Crippen molar-refractivity contribution in [2.75, 3.05) is 13.1 Å². The number of amides is 2. The Balaban J connectivity index is 1.59. The van der Waals surface area contributed by atoms with E-state index in [0.717, 1.165) is 23.9 Å². The van der Waals surface area contributed by atoms with E-state index >= 15 is 0 Å². The minimum Gasteiger partial charge on any atom is -0.361 e. The molecule has 26 heavy (non-hydrogen) atoms. The number of nitrogens with zero attached hydrogens (tertiary/aromatic N) is 1. The first-order chi connectivity index (χ1) is 12.7. The number of H-pyrrole nitrogens is 1. The summed E-state index contributed by atoms with van der Waals surface area (Å²) in [7, 11) is 0. The van der Waals surface area contributed by atoms with Gasteiger partial charge in [0.2, 0.25) is 0 Å². The summed E-state index contributed by atoms with van der Waals surface area (Å²) in [5.74, 6) is -0.475. The van der Waals surface area contributed by atoms with E-state index in [9.17, 15) is 9.59 Å². The lowest BCUT2D eigenvalue weighted by Crippen LogP contribution is -2.28. The zero-order chi connectivity index (χ0) is 18.4. The highest BCUT2D eigenvalue weighted by molar-refractivity contribution is 5.98. The van der Waals surface area contributed by atoms with Crippen molar-refractivity contribution in [3.63, 3.8) is 0 Å². The fraction of sp³-hybridized carbons (Fsp3) is 0.250. The number of aromatic nitrogens is 2. The Kier molecular flexibility index (Phi) is 5.63. The van der Waals surface area contributed by atoms with Crippen LogP contribution in [0.3, 0.4) is 0 Å². The van der Waals surface area contributed by atoms with Crippen LogP contribution in [0.1, 0.15) is 39.8 Å². The van der Waals surface area contributed by atoms with Crippen molar-refractivity contribution in [2.45, 2.75) is 19.8 Å². The molecule has 0 aliphatic carbocycles. The van der Waals surface area contributed by atoms with Crippen LogP contribution in [0.4, 0.5) is 0 Å². The van der Waals surface area contributed by atoms with Gasteiger partial charge in [-0.3, -0.25) is 14.6 Å². The van der Waals surface area contributed by atoms with Gasteiger partial charge in [-0.1, -0.05) is 25.1 Å². The van der Waals surface area contributed by atoms with E-state index < -0.39 is 0 Å². The number of benzene rings is 1. The van der Waals surface area contributed by atoms with Gasteiger partial charge in [-0.15, -0.1) is 0 Å². The quantitative estimate of drug-likeness (QED) is 0.612. The second-order valence-corrected chi connectivity index (χ2v) is 6.05. The Bertz CT molecular complexity index is 917. The average Bonchev–Trinajstić information content (AvgIpc) is 3.09. The minimum atomic E-state index is -0.264. The fourth-order valence-corrected chi connectivity index (χ4v) is 2.78. The minimum absolute atomic E-state index is 0.211. The molecule has 2 heterocycles. The van der Waals surface area contributed by atoms with Crippen molar-refractivity contribution in [3.8, 4) is 0 Å². The number of nitrogens with one attached hydrogen (secondary N) is 3. The van der Waals surface area contributed by atoms with Crippen LogP contribution in [0.5, 0.6) is 0 Å². The van der Waals surface area contributed by atoms with Crippen LogP contribution in [-0.2, 0) is 6.42 Å². The van der Waals surface area contributed by atoms with Crippen LogP contribution < -0.4 is 10.6 Å². The Morgan fingerprint density at radius 1 is 1.08 bits per heavy atom. The molecule has 3 rings (SSSR count). The van der Waals surface area contributed by atoms with E-state index in [1.54, 1.807) is 6.07 Å². The number of aromatic amines is 1. The van der Waals surface area contributed by atoms with Crippen LogP contribution in [0, 0.1) is 0 Å². The van der Waals surface area contributed by atoms with Crippen LogP contribution in [0.2, 0.25) is 0 Å². The first-order valence-electron chi connectivity index (χ1n) is 8.76. The molecule has 2 amide bonds. The number of fused-ring (bicyclic) bond motifs is 1. The molecular formula is C20H22N4O2. The molecule has 1 aromatic carbocycles. The number of para-hydroxylation sites is 1. The Morgan fingerprint density at radius 3 is 2.73 bits per heavy atom. The van der Waals surface area contributed by atoms with Crippen molar-refractivity contribution < 1.29 is 9.59 Å². The van der Waals surface area contributed by atoms with Gasteiger partial charge >= 0.3 is 0 Å². The van der Waals surface area contributed by atoms with Gasteiger partial charge in [-0.2, -0.15) is 0 Å². The van der Waals surface area contributed by atoms with Crippen LogP contribution in [-0.4, -0.2) is 34.9 Å². The van der Waals surface area contributed by atoms with Crippen molar-refractivity contribution in [1.82, 2.24) is 20.6 Å². The number of carbonyl (C=O) groups excluding carboxylic acids is 2. The molecule has 0 aliphatic rings. The topological polar surface area (TPSA) is 86.9 Å². The van der Waals surface area contributed by atoms with Gasteiger partial charge in [0, 0.05) is 41.9 Å². The molecule has 0 fully saturated rings. The number of hydrogen-bond donors (Lipinski definition) is 3. The van der Waals surface area contributed by atoms with Gasteiger partial charge in [0.25, 0.3) is 11.8 Å². The smallest absolute Gasteiger partial charge is 0.269 e. The number of rotatable bonds is 7. The summed E-state index contributed by atoms with van der Waals surface area (Å²) < 4.78 is 0. The highest BCUT2D eigenvalue weighted by atomic mass is 16.2. The SMILES string of the molecule is CCCNC(=O)c1cc(C(=O)NCCc2c[nH]c3ccccc23)ccn1. The van der Waals surface area contributed by atoms with Crippen molar-refractivity contribution >= 4 is 22.7 Å². The van der Waals surface area contributed by atoms with Gasteiger partial charge in [-0.25, -0.2) is 0 Å². The van der Waals surface area contributed by atoms with E-state index in [0.29, 0.717) is 18.7 Å². The third kappa shape index (κ3) is 4.08. The Hall–Kier alpha value is -3.15. The van der Waals surface area contributed by atoms with Crippen LogP contribution in [0.15, 0.2) is 48.8 Å². The van der Waals surface area contributed by atoms with E-state index in [-0.39, 0.29) is 17.5 Å². The average molecular weight is 350 g/mol. The van der Waals surface area contributed by atoms with Gasteiger partial charge in [0.05, 0.1) is 0 Å². The highest BCUT2D eigenvalue weighted by Crippen LogP contribution is 2.17. The third-order valence-corrected chi connectivity index (χ3v) is 4.15. The summed E-state index contributed by atoms with van der Waals surface area (Å²) in [6.45, 7) is 3.08. The largest absolute Gasteiger partial charge is 0.361 e. The zero-order valence-electron chi connectivity index (χ0n) is 14.7. The summed E-state index contributed by atoms with van der Waals surface area (Å²) in [6.07, 6.45) is 5.03. The summed E-state index contributed by atoms with van der Waals surface area (Å²) in [5.41, 5.74) is 2.93. The predicted octanol–water partition coefficient (Wildman–Crippen LogP) is 2.68. The highest BCUT2D eigenvalue weighted by Gasteiger charge is 2.11. The maximum absolute atomic E-state index is 12.3. The molecule has 134 valence electrons. The lowest BCUT2D eigenvalue weighted by atomic mass is 10.1. The standard InChI is InChI=1S/C20H22N4O2/c1-2-9-22-20(26)18-12-14(7-10-21-18)19(25)23-11-8-15-13-24-17-6-4-3-5-16(15)17/h3-7,10,12-13,24H,2,8-9,11H2,1H3,(H,22,26)(H,23,25). The maximum atomic E-state index is 12.3. The van der Waals surface area contributed by atoms with Gasteiger partial charge < -0.3 is 15.6 Å². The van der Waals surface area contributed by atoms with Crippen LogP contribution >= 0.6 is 0 Å². The lowest BCUT2D eigenvalue weighted by Gasteiger charge is -2.07. The second kappa shape index (κ2) is 8.29. The molecule has 0 spiro atoms. The molecule has 3 N–H and O–H groups in total. The molecule has 3 aromatic rings. The van der Waals surface area contributed by atoms with Crippen LogP contribution in [0.25, 0.3) is 10.9 Å². The maximum Gasteiger partial charge on any atom is 0.269 e. The summed E-state index contributed by atoms with van der Waals surface area (Å²) >= 11 is 0. The van der Waals surface area contributed by atoms with Gasteiger partial charge in [0.15, 0.2) is 0 Å². The van der Waals surface area contributed by atoms with E-state index in [4.69, 9.17) is 0 Å². The van der Waals surface area contributed by atoms with Crippen molar-refractivity contribution in [3.05, 3.63) is 65.6 Å². The Morgan fingerprint density at radius 2 is 1.88 bits per heavy atom. The molecule has 0 saturated carbocycles. The molecular weight excluding hydrogens is 328 g/mol. The molecule has 0 aliphatic heterocycles. The van der Waals surface area contributed by atoms with Crippen molar-refractivity contribution in [2.24, 2.45) is 0 Å². The molecule has 0 bridgehead atoms. The first-order valence-corrected chi connectivity index (χ1v) is 8.76. The normalized spacial score (nSPS) is 10.7. The zero-order valence-corrected chi connectivity index (χ0v) is 14.7. The van der Waals surface area contributed by atoms with E-state index in [2.05, 4.69) is 26.7 Å². The monoisotopic (exact) mass is 350 g/mol. The second-order valence-electron chi connectivity index (χ2n) is 6.05. The summed E-state index contributed by atoms with van der Waals surface area (Å²) in [6, 6.07) is 11.2. The molecule has 6 heteroatoms. The number of carbonyl (C=O) groups is 2. The number of hydrogen-bond acceptors (Lipinski definition) is 3. The molecule has 0 saturated heterocycles. The third-order valence-electron chi connectivity index (χ3n) is 4.15. The van der Waals surface area contributed by atoms with Gasteiger partial charge in [0.1, 0.15) is 5.69 Å². The summed E-state index contributed by atoms with van der Waals surface area (Å²) in [5, 5.41) is 6.82. The summed E-state index contributed by atoms with van der Waals surface area (Å²) in [4.78, 5) is 31.6. The molecule has 0 atom stereocenters. The lowest BCUT2D eigenvalue weighted by molar-refractivity contribution is 0.0948. The molecule has 0 radical (unpaired) electrons. The van der Waals surface area contributed by atoms with E-state index in [1.807, 2.05) is 31.3 Å². The molecule has 6 nitrogen and oxygen atoms in total. The van der Waals surface area contributed by atoms with Crippen molar-refractivity contribution in [1.29, 1.82) is 0 Å². The fourth-order valence-electron chi connectivity index (χ4n) is 2.78. The molecule has 2 aromatic heterocycles. The first kappa shape index (κ1) is 17.7. The predicted molar refractivity (Wildman–Crippen MR) is 101 cm³/mol. The number of pyridine rings is 1. The van der Waals surface area contributed by atoms with E-state index in [1.165, 1.54) is 17.6 Å².